The van der Waals surface area contributed by atoms with E-state index >= 15 is 0 Å². The van der Waals surface area contributed by atoms with Crippen molar-refractivity contribution in [1.29, 1.82) is 0 Å². The number of carbonyl (C=O) groups is 1. The fourth-order valence-corrected chi connectivity index (χ4v) is 3.78. The minimum Gasteiger partial charge on any atom is -0.484 e. The van der Waals surface area contributed by atoms with E-state index in [1.54, 1.807) is 11.0 Å². The third-order valence-electron chi connectivity index (χ3n) is 5.61. The summed E-state index contributed by atoms with van der Waals surface area (Å²) in [6.45, 7) is 2.94. The Kier molecular flexibility index (Phi) is 7.04. The molecular formula is C25H26N4O4. The van der Waals surface area contributed by atoms with Crippen LogP contribution in [0.15, 0.2) is 78.9 Å². The van der Waals surface area contributed by atoms with E-state index in [0.717, 1.165) is 11.3 Å². The monoisotopic (exact) mass is 446 g/mol. The Morgan fingerprint density at radius 2 is 1.61 bits per heavy atom. The molecule has 0 spiro atoms. The molecule has 4 rings (SSSR count). The Bertz CT molecular complexity index is 1080. The Hall–Kier alpha value is -4.07. The fourth-order valence-electron chi connectivity index (χ4n) is 3.78. The number of hydrogen-bond donors (Lipinski definition) is 1. The summed E-state index contributed by atoms with van der Waals surface area (Å²) in [5.41, 5.74) is 2.46. The predicted octanol–water partition coefficient (Wildman–Crippen LogP) is 3.93. The SMILES string of the molecule is O=C(COc1ccccc1)N1CCN(c2ccc([N+](=O)[O-])c(NCc3ccccc3)c2)CC1. The largest absolute Gasteiger partial charge is 0.484 e. The molecule has 3 aromatic carbocycles. The molecule has 0 saturated carbocycles. The van der Waals surface area contributed by atoms with Crippen LogP contribution < -0.4 is 15.0 Å². The number of anilines is 2. The number of piperazine rings is 1. The molecule has 0 bridgehead atoms. The van der Waals surface area contributed by atoms with E-state index in [1.165, 1.54) is 6.07 Å². The van der Waals surface area contributed by atoms with Crippen LogP contribution in [0.4, 0.5) is 17.1 Å². The molecule has 170 valence electrons. The van der Waals surface area contributed by atoms with Gasteiger partial charge in [0.25, 0.3) is 11.6 Å². The molecule has 1 fully saturated rings. The molecule has 1 N–H and O–H groups in total. The van der Waals surface area contributed by atoms with Crippen molar-refractivity contribution in [2.75, 3.05) is 43.0 Å². The van der Waals surface area contributed by atoms with Crippen molar-refractivity contribution in [3.8, 4) is 5.75 Å². The number of nitrogens with one attached hydrogen (secondary N) is 1. The summed E-state index contributed by atoms with van der Waals surface area (Å²) in [7, 11) is 0. The van der Waals surface area contributed by atoms with Crippen molar-refractivity contribution in [2.45, 2.75) is 6.54 Å². The first kappa shape index (κ1) is 22.1. The zero-order chi connectivity index (χ0) is 23.0. The summed E-state index contributed by atoms with van der Waals surface area (Å²) in [6.07, 6.45) is 0. The molecule has 8 heteroatoms. The van der Waals surface area contributed by atoms with Crippen molar-refractivity contribution < 1.29 is 14.5 Å². The van der Waals surface area contributed by atoms with Crippen molar-refractivity contribution >= 4 is 23.0 Å². The lowest BCUT2D eigenvalue weighted by Crippen LogP contribution is -2.50. The second kappa shape index (κ2) is 10.5. The van der Waals surface area contributed by atoms with Gasteiger partial charge in [0.2, 0.25) is 0 Å². The maximum absolute atomic E-state index is 12.5. The topological polar surface area (TPSA) is 88.0 Å². The third kappa shape index (κ3) is 5.79. The smallest absolute Gasteiger partial charge is 0.292 e. The van der Waals surface area contributed by atoms with Gasteiger partial charge in [-0.15, -0.1) is 0 Å². The van der Waals surface area contributed by atoms with E-state index in [2.05, 4.69) is 10.2 Å². The van der Waals surface area contributed by atoms with Crippen LogP contribution in [0.25, 0.3) is 0 Å². The van der Waals surface area contributed by atoms with Gasteiger partial charge in [0, 0.05) is 44.5 Å². The lowest BCUT2D eigenvalue weighted by atomic mass is 10.1. The highest BCUT2D eigenvalue weighted by atomic mass is 16.6. The molecule has 0 radical (unpaired) electrons. The number of carbonyl (C=O) groups excluding carboxylic acids is 1. The highest BCUT2D eigenvalue weighted by molar-refractivity contribution is 5.78. The van der Waals surface area contributed by atoms with Crippen LogP contribution in [0.2, 0.25) is 0 Å². The summed E-state index contributed by atoms with van der Waals surface area (Å²) in [6, 6.07) is 24.2. The van der Waals surface area contributed by atoms with Gasteiger partial charge in [0.1, 0.15) is 11.4 Å². The minimum atomic E-state index is -0.375. The molecular weight excluding hydrogens is 420 g/mol. The summed E-state index contributed by atoms with van der Waals surface area (Å²) in [5, 5.41) is 14.7. The van der Waals surface area contributed by atoms with Gasteiger partial charge in [-0.1, -0.05) is 48.5 Å². The van der Waals surface area contributed by atoms with Crippen molar-refractivity contribution in [1.82, 2.24) is 4.90 Å². The summed E-state index contributed by atoms with van der Waals surface area (Å²) in [4.78, 5) is 27.6. The van der Waals surface area contributed by atoms with Crippen molar-refractivity contribution in [3.05, 3.63) is 94.5 Å². The van der Waals surface area contributed by atoms with Gasteiger partial charge in [-0.05, 0) is 29.8 Å². The lowest BCUT2D eigenvalue weighted by Gasteiger charge is -2.36. The number of benzene rings is 3. The first-order valence-electron chi connectivity index (χ1n) is 10.9. The number of nitro groups is 1. The Morgan fingerprint density at radius 1 is 0.939 bits per heavy atom. The van der Waals surface area contributed by atoms with E-state index in [9.17, 15) is 14.9 Å². The molecule has 0 atom stereocenters. The van der Waals surface area contributed by atoms with Gasteiger partial charge in [0.05, 0.1) is 4.92 Å². The summed E-state index contributed by atoms with van der Waals surface area (Å²) >= 11 is 0. The second-order valence-electron chi connectivity index (χ2n) is 7.77. The number of amides is 1. The highest BCUT2D eigenvalue weighted by Gasteiger charge is 2.23. The quantitative estimate of drug-likeness (QED) is 0.417. The van der Waals surface area contributed by atoms with Gasteiger partial charge in [-0.3, -0.25) is 14.9 Å². The maximum atomic E-state index is 12.5. The number of rotatable bonds is 8. The Labute approximate surface area is 192 Å². The van der Waals surface area contributed by atoms with E-state index in [0.29, 0.717) is 44.2 Å². The normalized spacial score (nSPS) is 13.5. The first-order valence-corrected chi connectivity index (χ1v) is 10.9. The minimum absolute atomic E-state index is 0.00903. The lowest BCUT2D eigenvalue weighted by molar-refractivity contribution is -0.384. The van der Waals surface area contributed by atoms with Crippen molar-refractivity contribution in [3.63, 3.8) is 0 Å². The fraction of sp³-hybridized carbons (Fsp3) is 0.240. The average Bonchev–Trinajstić information content (AvgIpc) is 2.87. The summed E-state index contributed by atoms with van der Waals surface area (Å²) < 4.78 is 5.57. The molecule has 0 aromatic heterocycles. The van der Waals surface area contributed by atoms with Gasteiger partial charge in [0.15, 0.2) is 6.61 Å². The molecule has 3 aromatic rings. The average molecular weight is 447 g/mol. The molecule has 1 aliphatic heterocycles. The molecule has 8 nitrogen and oxygen atoms in total. The number of nitro benzene ring substituents is 1. The van der Waals surface area contributed by atoms with Crippen LogP contribution in [0.1, 0.15) is 5.56 Å². The first-order chi connectivity index (χ1) is 16.1. The van der Waals surface area contributed by atoms with Gasteiger partial charge in [-0.25, -0.2) is 0 Å². The van der Waals surface area contributed by atoms with Crippen LogP contribution in [0.3, 0.4) is 0 Å². The molecule has 1 heterocycles. The second-order valence-corrected chi connectivity index (χ2v) is 7.77. The van der Waals surface area contributed by atoms with Crippen LogP contribution >= 0.6 is 0 Å². The van der Waals surface area contributed by atoms with Crippen LogP contribution in [-0.2, 0) is 11.3 Å². The molecule has 0 aliphatic carbocycles. The van der Waals surface area contributed by atoms with Gasteiger partial charge in [-0.2, -0.15) is 0 Å². The zero-order valence-corrected chi connectivity index (χ0v) is 18.2. The van der Waals surface area contributed by atoms with Gasteiger partial charge < -0.3 is 19.9 Å². The number of para-hydroxylation sites is 1. The molecule has 0 unspecified atom stereocenters. The van der Waals surface area contributed by atoms with Crippen molar-refractivity contribution in [2.24, 2.45) is 0 Å². The Balaban J connectivity index is 1.36. The highest BCUT2D eigenvalue weighted by Crippen LogP contribution is 2.30. The zero-order valence-electron chi connectivity index (χ0n) is 18.2. The molecule has 1 aliphatic rings. The molecule has 1 amide bonds. The van der Waals surface area contributed by atoms with Crippen LogP contribution in [-0.4, -0.2) is 48.5 Å². The number of ether oxygens (including phenoxy) is 1. The van der Waals surface area contributed by atoms with Crippen LogP contribution in [0.5, 0.6) is 5.75 Å². The van der Waals surface area contributed by atoms with Crippen LogP contribution in [0, 0.1) is 10.1 Å². The maximum Gasteiger partial charge on any atom is 0.292 e. The molecule has 33 heavy (non-hydrogen) atoms. The third-order valence-corrected chi connectivity index (χ3v) is 5.61. The predicted molar refractivity (Wildman–Crippen MR) is 128 cm³/mol. The van der Waals surface area contributed by atoms with E-state index < -0.39 is 0 Å². The Morgan fingerprint density at radius 3 is 2.27 bits per heavy atom. The summed E-state index contributed by atoms with van der Waals surface area (Å²) in [5.74, 6) is 0.623. The molecule has 1 saturated heterocycles. The van der Waals surface area contributed by atoms with E-state index in [1.807, 2.05) is 66.7 Å². The van der Waals surface area contributed by atoms with Gasteiger partial charge >= 0.3 is 0 Å². The number of hydrogen-bond acceptors (Lipinski definition) is 6. The standard InChI is InChI=1S/C25H26N4O4/c30-25(19-33-22-9-5-2-6-10-22)28-15-13-27(14-16-28)21-11-12-24(29(31)32)23(17-21)26-18-20-7-3-1-4-8-20/h1-12,17,26H,13-16,18-19H2. The van der Waals surface area contributed by atoms with E-state index in [-0.39, 0.29) is 23.1 Å². The van der Waals surface area contributed by atoms with E-state index in [4.69, 9.17) is 4.74 Å². The number of nitrogens with zero attached hydrogens (tertiary/aromatic N) is 3.